The number of rotatable bonds is 6. The van der Waals surface area contributed by atoms with Gasteiger partial charge in [-0.15, -0.1) is 0 Å². The van der Waals surface area contributed by atoms with Crippen LogP contribution in [-0.2, 0) is 6.42 Å². The standard InChI is InChI=1S/C18H22BrNO/c1-3-13(2)14-4-7-17(8-5-14)21-18-9-6-16(19)12-15(18)10-11-20/h4-9,12-13H,3,10-11,20H2,1-2H3. The number of ether oxygens (including phenoxy) is 1. The van der Waals surface area contributed by atoms with E-state index in [0.29, 0.717) is 12.5 Å². The van der Waals surface area contributed by atoms with Gasteiger partial charge in [-0.05, 0) is 66.8 Å². The lowest BCUT2D eigenvalue weighted by molar-refractivity contribution is 0.475. The topological polar surface area (TPSA) is 35.2 Å². The Kier molecular flexibility index (Phi) is 5.83. The van der Waals surface area contributed by atoms with Crippen LogP contribution in [0.4, 0.5) is 0 Å². The van der Waals surface area contributed by atoms with E-state index >= 15 is 0 Å². The molecule has 2 aromatic rings. The van der Waals surface area contributed by atoms with Crippen molar-refractivity contribution in [3.63, 3.8) is 0 Å². The molecule has 0 radical (unpaired) electrons. The zero-order chi connectivity index (χ0) is 15.2. The van der Waals surface area contributed by atoms with Crippen LogP contribution in [0.3, 0.4) is 0 Å². The molecule has 2 aromatic carbocycles. The maximum absolute atomic E-state index is 6.01. The van der Waals surface area contributed by atoms with E-state index in [1.807, 2.05) is 24.3 Å². The third-order valence-electron chi connectivity index (χ3n) is 3.73. The Morgan fingerprint density at radius 3 is 2.48 bits per heavy atom. The van der Waals surface area contributed by atoms with Crippen LogP contribution < -0.4 is 10.5 Å². The molecule has 112 valence electrons. The third-order valence-corrected chi connectivity index (χ3v) is 4.22. The summed E-state index contributed by atoms with van der Waals surface area (Å²) in [6, 6.07) is 14.4. The van der Waals surface area contributed by atoms with Crippen molar-refractivity contribution in [1.82, 2.24) is 0 Å². The molecule has 0 heterocycles. The first-order valence-corrected chi connectivity index (χ1v) is 8.19. The van der Waals surface area contributed by atoms with Crippen molar-refractivity contribution in [2.75, 3.05) is 6.54 Å². The molecule has 0 amide bonds. The lowest BCUT2D eigenvalue weighted by Gasteiger charge is -2.13. The quantitative estimate of drug-likeness (QED) is 0.773. The summed E-state index contributed by atoms with van der Waals surface area (Å²) in [6.45, 7) is 5.06. The van der Waals surface area contributed by atoms with E-state index in [9.17, 15) is 0 Å². The maximum atomic E-state index is 6.01. The Morgan fingerprint density at radius 1 is 1.14 bits per heavy atom. The summed E-state index contributed by atoms with van der Waals surface area (Å²) in [4.78, 5) is 0. The number of halogens is 1. The van der Waals surface area contributed by atoms with Crippen LogP contribution in [0.1, 0.15) is 37.3 Å². The van der Waals surface area contributed by atoms with Gasteiger partial charge in [-0.2, -0.15) is 0 Å². The summed E-state index contributed by atoms with van der Waals surface area (Å²) < 4.78 is 7.06. The Hall–Kier alpha value is -1.32. The van der Waals surface area contributed by atoms with Crippen LogP contribution in [0, 0.1) is 0 Å². The highest BCUT2D eigenvalue weighted by molar-refractivity contribution is 9.10. The van der Waals surface area contributed by atoms with Gasteiger partial charge in [-0.3, -0.25) is 0 Å². The van der Waals surface area contributed by atoms with Crippen LogP contribution in [0.2, 0.25) is 0 Å². The second-order valence-electron chi connectivity index (χ2n) is 5.27. The van der Waals surface area contributed by atoms with E-state index < -0.39 is 0 Å². The van der Waals surface area contributed by atoms with Crippen LogP contribution in [0.25, 0.3) is 0 Å². The van der Waals surface area contributed by atoms with E-state index in [4.69, 9.17) is 10.5 Å². The molecule has 2 N–H and O–H groups in total. The Balaban J connectivity index is 2.18. The largest absolute Gasteiger partial charge is 0.457 e. The molecule has 0 fully saturated rings. The lowest BCUT2D eigenvalue weighted by Crippen LogP contribution is -2.04. The zero-order valence-corrected chi connectivity index (χ0v) is 14.2. The number of benzene rings is 2. The van der Waals surface area contributed by atoms with Crippen LogP contribution in [-0.4, -0.2) is 6.54 Å². The number of hydrogen-bond donors (Lipinski definition) is 1. The first kappa shape index (κ1) is 16.1. The summed E-state index contributed by atoms with van der Waals surface area (Å²) in [7, 11) is 0. The summed E-state index contributed by atoms with van der Waals surface area (Å²) in [5.74, 6) is 2.32. The van der Waals surface area contributed by atoms with Gasteiger partial charge in [-0.25, -0.2) is 0 Å². The second kappa shape index (κ2) is 7.62. The molecular formula is C18H22BrNO. The Morgan fingerprint density at radius 2 is 1.86 bits per heavy atom. The SMILES string of the molecule is CCC(C)c1ccc(Oc2ccc(Br)cc2CCN)cc1. The van der Waals surface area contributed by atoms with Crippen molar-refractivity contribution in [1.29, 1.82) is 0 Å². The highest BCUT2D eigenvalue weighted by Gasteiger charge is 2.07. The van der Waals surface area contributed by atoms with E-state index in [0.717, 1.165) is 34.4 Å². The predicted octanol–water partition coefficient (Wildman–Crippen LogP) is 5.26. The highest BCUT2D eigenvalue weighted by Crippen LogP contribution is 2.29. The first-order chi connectivity index (χ1) is 10.1. The van der Waals surface area contributed by atoms with Crippen LogP contribution in [0.15, 0.2) is 46.9 Å². The molecule has 0 aliphatic rings. The number of hydrogen-bond acceptors (Lipinski definition) is 2. The van der Waals surface area contributed by atoms with Crippen molar-refractivity contribution in [2.45, 2.75) is 32.6 Å². The fourth-order valence-electron chi connectivity index (χ4n) is 2.23. The molecule has 2 rings (SSSR count). The predicted molar refractivity (Wildman–Crippen MR) is 92.1 cm³/mol. The molecule has 0 spiro atoms. The third kappa shape index (κ3) is 4.32. The van der Waals surface area contributed by atoms with Gasteiger partial charge in [0, 0.05) is 4.47 Å². The molecule has 0 saturated carbocycles. The second-order valence-corrected chi connectivity index (χ2v) is 6.19. The molecule has 21 heavy (non-hydrogen) atoms. The van der Waals surface area contributed by atoms with Crippen molar-refractivity contribution in [2.24, 2.45) is 5.73 Å². The van der Waals surface area contributed by atoms with Crippen molar-refractivity contribution >= 4 is 15.9 Å². The molecule has 0 bridgehead atoms. The molecular weight excluding hydrogens is 326 g/mol. The molecule has 0 aliphatic heterocycles. The van der Waals surface area contributed by atoms with Gasteiger partial charge in [-0.1, -0.05) is 41.9 Å². The average molecular weight is 348 g/mol. The first-order valence-electron chi connectivity index (χ1n) is 7.40. The minimum Gasteiger partial charge on any atom is -0.457 e. The summed E-state index contributed by atoms with van der Waals surface area (Å²) in [6.07, 6.45) is 1.95. The van der Waals surface area contributed by atoms with Crippen LogP contribution >= 0.6 is 15.9 Å². The van der Waals surface area contributed by atoms with E-state index in [2.05, 4.69) is 48.0 Å². The summed E-state index contributed by atoms with van der Waals surface area (Å²) in [5.41, 5.74) is 8.14. The van der Waals surface area contributed by atoms with E-state index in [1.165, 1.54) is 5.56 Å². The molecule has 3 heteroatoms. The van der Waals surface area contributed by atoms with Gasteiger partial charge in [0.05, 0.1) is 0 Å². The Bertz CT molecular complexity index is 580. The monoisotopic (exact) mass is 347 g/mol. The fourth-order valence-corrected chi connectivity index (χ4v) is 2.63. The molecule has 0 saturated heterocycles. The van der Waals surface area contributed by atoms with Gasteiger partial charge in [0.15, 0.2) is 0 Å². The normalized spacial score (nSPS) is 12.2. The van der Waals surface area contributed by atoms with Gasteiger partial charge >= 0.3 is 0 Å². The van der Waals surface area contributed by atoms with Gasteiger partial charge in [0.2, 0.25) is 0 Å². The smallest absolute Gasteiger partial charge is 0.130 e. The highest BCUT2D eigenvalue weighted by atomic mass is 79.9. The van der Waals surface area contributed by atoms with Gasteiger partial charge < -0.3 is 10.5 Å². The van der Waals surface area contributed by atoms with E-state index in [1.54, 1.807) is 0 Å². The molecule has 2 nitrogen and oxygen atoms in total. The maximum Gasteiger partial charge on any atom is 0.130 e. The van der Waals surface area contributed by atoms with Crippen LogP contribution in [0.5, 0.6) is 11.5 Å². The zero-order valence-electron chi connectivity index (χ0n) is 12.6. The average Bonchev–Trinajstić information content (AvgIpc) is 2.50. The molecule has 1 atom stereocenters. The van der Waals surface area contributed by atoms with Crippen molar-refractivity contribution in [3.05, 3.63) is 58.1 Å². The summed E-state index contributed by atoms with van der Waals surface area (Å²) >= 11 is 3.49. The molecule has 0 aliphatic carbocycles. The fraction of sp³-hybridized carbons (Fsp3) is 0.333. The molecule has 1 unspecified atom stereocenters. The Labute approximate surface area is 135 Å². The number of nitrogens with two attached hydrogens (primary N) is 1. The lowest BCUT2D eigenvalue weighted by atomic mass is 9.99. The molecule has 0 aromatic heterocycles. The van der Waals surface area contributed by atoms with Gasteiger partial charge in [0.1, 0.15) is 11.5 Å². The van der Waals surface area contributed by atoms with Gasteiger partial charge in [0.25, 0.3) is 0 Å². The minimum atomic E-state index is 0.583. The van der Waals surface area contributed by atoms with Crippen molar-refractivity contribution in [3.8, 4) is 11.5 Å². The summed E-state index contributed by atoms with van der Waals surface area (Å²) in [5, 5.41) is 0. The van der Waals surface area contributed by atoms with Crippen molar-refractivity contribution < 1.29 is 4.74 Å². The minimum absolute atomic E-state index is 0.583. The van der Waals surface area contributed by atoms with E-state index in [-0.39, 0.29) is 0 Å².